The standard InChI is InChI=1S/C16H18O6S2/c1-12(14-6-10-16(11-7-14)24(20,21)22)2-3-13-4-8-15(9-5-13)23(17,18)19/h4-12H,2-3H2,1H3,(H,17,18,19)(H,20,21,22). The molecule has 0 saturated carbocycles. The van der Waals surface area contributed by atoms with Gasteiger partial charge in [0.05, 0.1) is 9.79 Å². The summed E-state index contributed by atoms with van der Waals surface area (Å²) < 4.78 is 61.9. The Hall–Kier alpha value is -1.74. The topological polar surface area (TPSA) is 109 Å². The van der Waals surface area contributed by atoms with E-state index in [-0.39, 0.29) is 15.7 Å². The molecule has 0 heterocycles. The van der Waals surface area contributed by atoms with E-state index >= 15 is 0 Å². The first-order valence-electron chi connectivity index (χ1n) is 7.21. The normalized spacial score (nSPS) is 13.6. The number of aryl methyl sites for hydroxylation is 1. The molecular weight excluding hydrogens is 352 g/mol. The zero-order valence-electron chi connectivity index (χ0n) is 13.0. The molecule has 0 aliphatic rings. The predicted octanol–water partition coefficient (Wildman–Crippen LogP) is 2.92. The molecule has 0 aliphatic heterocycles. The summed E-state index contributed by atoms with van der Waals surface area (Å²) in [7, 11) is -8.37. The second-order valence-corrected chi connectivity index (χ2v) is 8.45. The SMILES string of the molecule is CC(CCc1ccc(S(=O)(=O)O)cc1)c1ccc(S(=O)(=O)O)cc1. The van der Waals surface area contributed by atoms with Gasteiger partial charge in [0.2, 0.25) is 0 Å². The molecule has 0 radical (unpaired) electrons. The lowest BCUT2D eigenvalue weighted by Gasteiger charge is -2.12. The summed E-state index contributed by atoms with van der Waals surface area (Å²) in [5, 5.41) is 0. The van der Waals surface area contributed by atoms with Crippen molar-refractivity contribution in [3.63, 3.8) is 0 Å². The van der Waals surface area contributed by atoms with Gasteiger partial charge in [0.25, 0.3) is 20.2 Å². The largest absolute Gasteiger partial charge is 0.294 e. The third kappa shape index (κ3) is 4.88. The summed E-state index contributed by atoms with van der Waals surface area (Å²) in [5.41, 5.74) is 1.88. The molecule has 2 rings (SSSR count). The van der Waals surface area contributed by atoms with Crippen LogP contribution < -0.4 is 0 Å². The summed E-state index contributed by atoms with van der Waals surface area (Å²) in [6.07, 6.45) is 1.48. The fourth-order valence-corrected chi connectivity index (χ4v) is 3.31. The molecule has 0 aromatic heterocycles. The Balaban J connectivity index is 2.01. The van der Waals surface area contributed by atoms with Crippen LogP contribution in [0.2, 0.25) is 0 Å². The summed E-state index contributed by atoms with van der Waals surface area (Å²) >= 11 is 0. The lowest BCUT2D eigenvalue weighted by molar-refractivity contribution is 0.481. The molecule has 2 aromatic rings. The maximum absolute atomic E-state index is 11.0. The van der Waals surface area contributed by atoms with Gasteiger partial charge < -0.3 is 0 Å². The first-order valence-corrected chi connectivity index (χ1v) is 10.1. The van der Waals surface area contributed by atoms with E-state index in [0.29, 0.717) is 6.42 Å². The Bertz CT molecular complexity index is 898. The van der Waals surface area contributed by atoms with Gasteiger partial charge in [0.15, 0.2) is 0 Å². The third-order valence-corrected chi connectivity index (χ3v) is 5.57. The molecule has 2 N–H and O–H groups in total. The molecule has 0 saturated heterocycles. The van der Waals surface area contributed by atoms with Crippen molar-refractivity contribution in [1.29, 1.82) is 0 Å². The van der Waals surface area contributed by atoms with Crippen LogP contribution in [-0.2, 0) is 26.7 Å². The highest BCUT2D eigenvalue weighted by atomic mass is 32.2. The van der Waals surface area contributed by atoms with Gasteiger partial charge >= 0.3 is 0 Å². The Morgan fingerprint density at radius 1 is 0.792 bits per heavy atom. The maximum atomic E-state index is 11.0. The number of hydrogen-bond acceptors (Lipinski definition) is 4. The fourth-order valence-electron chi connectivity index (χ4n) is 2.35. The van der Waals surface area contributed by atoms with Crippen LogP contribution in [0.4, 0.5) is 0 Å². The van der Waals surface area contributed by atoms with Crippen LogP contribution in [-0.4, -0.2) is 25.9 Å². The van der Waals surface area contributed by atoms with Gasteiger partial charge in [-0.2, -0.15) is 16.8 Å². The molecule has 1 unspecified atom stereocenters. The lowest BCUT2D eigenvalue weighted by atomic mass is 9.94. The molecule has 24 heavy (non-hydrogen) atoms. The number of hydrogen-bond donors (Lipinski definition) is 2. The molecular formula is C16H18O6S2. The highest BCUT2D eigenvalue weighted by molar-refractivity contribution is 7.86. The van der Waals surface area contributed by atoms with Crippen molar-refractivity contribution in [3.8, 4) is 0 Å². The molecule has 1 atom stereocenters. The van der Waals surface area contributed by atoms with E-state index in [1.54, 1.807) is 24.3 Å². The van der Waals surface area contributed by atoms with E-state index in [1.807, 2.05) is 6.92 Å². The van der Waals surface area contributed by atoms with Gasteiger partial charge in [-0.3, -0.25) is 9.11 Å². The van der Waals surface area contributed by atoms with E-state index in [0.717, 1.165) is 17.5 Å². The van der Waals surface area contributed by atoms with Crippen LogP contribution in [0, 0.1) is 0 Å². The predicted molar refractivity (Wildman–Crippen MR) is 89.2 cm³/mol. The van der Waals surface area contributed by atoms with Crippen LogP contribution in [0.25, 0.3) is 0 Å². The smallest absolute Gasteiger partial charge is 0.282 e. The minimum Gasteiger partial charge on any atom is -0.282 e. The molecule has 0 bridgehead atoms. The van der Waals surface area contributed by atoms with Crippen molar-refractivity contribution < 1.29 is 25.9 Å². The summed E-state index contributed by atoms with van der Waals surface area (Å²) in [4.78, 5) is -0.278. The molecule has 0 spiro atoms. The summed E-state index contributed by atoms with van der Waals surface area (Å²) in [6.45, 7) is 2.00. The van der Waals surface area contributed by atoms with Crippen LogP contribution in [0.5, 0.6) is 0 Å². The average Bonchev–Trinajstić information content (AvgIpc) is 2.51. The second-order valence-electron chi connectivity index (χ2n) is 5.60. The van der Waals surface area contributed by atoms with Gasteiger partial charge in [-0.1, -0.05) is 31.2 Å². The van der Waals surface area contributed by atoms with Crippen molar-refractivity contribution in [2.24, 2.45) is 0 Å². The van der Waals surface area contributed by atoms with Crippen molar-refractivity contribution in [2.45, 2.75) is 35.5 Å². The van der Waals surface area contributed by atoms with Crippen LogP contribution in [0.15, 0.2) is 58.3 Å². The summed E-state index contributed by atoms with van der Waals surface area (Å²) in [5.74, 6) is 0.154. The minimum absolute atomic E-state index is 0.139. The fraction of sp³-hybridized carbons (Fsp3) is 0.250. The zero-order chi connectivity index (χ0) is 18.0. The Morgan fingerprint density at radius 2 is 1.21 bits per heavy atom. The zero-order valence-corrected chi connectivity index (χ0v) is 14.6. The molecule has 0 fully saturated rings. The maximum Gasteiger partial charge on any atom is 0.294 e. The number of benzene rings is 2. The van der Waals surface area contributed by atoms with E-state index in [9.17, 15) is 16.8 Å². The molecule has 8 heteroatoms. The van der Waals surface area contributed by atoms with E-state index in [4.69, 9.17) is 9.11 Å². The van der Waals surface area contributed by atoms with Crippen molar-refractivity contribution >= 4 is 20.2 Å². The van der Waals surface area contributed by atoms with Gasteiger partial charge in [0, 0.05) is 0 Å². The highest BCUT2D eigenvalue weighted by Crippen LogP contribution is 2.23. The van der Waals surface area contributed by atoms with E-state index < -0.39 is 20.2 Å². The first-order chi connectivity index (χ1) is 11.1. The van der Waals surface area contributed by atoms with Crippen LogP contribution in [0.3, 0.4) is 0 Å². The Labute approximate surface area is 141 Å². The summed E-state index contributed by atoms with van der Waals surface area (Å²) in [6, 6.07) is 12.1. The number of rotatable bonds is 6. The monoisotopic (exact) mass is 370 g/mol. The average molecular weight is 370 g/mol. The third-order valence-electron chi connectivity index (χ3n) is 3.83. The molecule has 130 valence electrons. The van der Waals surface area contributed by atoms with Crippen molar-refractivity contribution in [1.82, 2.24) is 0 Å². The van der Waals surface area contributed by atoms with Crippen molar-refractivity contribution in [2.75, 3.05) is 0 Å². The van der Waals surface area contributed by atoms with E-state index in [2.05, 4.69) is 0 Å². The Kier molecular flexibility index (Phi) is 5.44. The van der Waals surface area contributed by atoms with Gasteiger partial charge in [-0.25, -0.2) is 0 Å². The van der Waals surface area contributed by atoms with Crippen LogP contribution >= 0.6 is 0 Å². The molecule has 0 amide bonds. The molecule has 0 aliphatic carbocycles. The van der Waals surface area contributed by atoms with Gasteiger partial charge in [0.1, 0.15) is 0 Å². The van der Waals surface area contributed by atoms with Gasteiger partial charge in [-0.15, -0.1) is 0 Å². The minimum atomic E-state index is -4.19. The van der Waals surface area contributed by atoms with Crippen molar-refractivity contribution in [3.05, 3.63) is 59.7 Å². The first kappa shape index (κ1) is 18.6. The quantitative estimate of drug-likeness (QED) is 0.757. The Morgan fingerprint density at radius 3 is 1.62 bits per heavy atom. The molecule has 6 nitrogen and oxygen atoms in total. The lowest BCUT2D eigenvalue weighted by Crippen LogP contribution is -2.01. The van der Waals surface area contributed by atoms with Gasteiger partial charge in [-0.05, 0) is 54.2 Å². The van der Waals surface area contributed by atoms with Crippen LogP contribution in [0.1, 0.15) is 30.4 Å². The molecule has 2 aromatic carbocycles. The van der Waals surface area contributed by atoms with E-state index in [1.165, 1.54) is 24.3 Å². The second kappa shape index (κ2) is 7.02. The highest BCUT2D eigenvalue weighted by Gasteiger charge is 2.12.